The molecule has 17 heavy (non-hydrogen) atoms. The number of primary amides is 1. The van der Waals surface area contributed by atoms with Gasteiger partial charge in [-0.05, 0) is 31.2 Å². The van der Waals surface area contributed by atoms with Crippen LogP contribution in [0.4, 0.5) is 0 Å². The summed E-state index contributed by atoms with van der Waals surface area (Å²) in [5, 5.41) is 3.35. The number of carbonyl (C=O) groups excluding carboxylic acids is 1. The molecule has 0 spiro atoms. The van der Waals surface area contributed by atoms with E-state index in [-0.39, 0.29) is 5.91 Å². The lowest BCUT2D eigenvalue weighted by Gasteiger charge is -2.19. The van der Waals surface area contributed by atoms with Crippen molar-refractivity contribution < 1.29 is 4.79 Å². The fraction of sp³-hybridized carbons (Fsp3) is 0.357. The van der Waals surface area contributed by atoms with Gasteiger partial charge in [0.15, 0.2) is 0 Å². The van der Waals surface area contributed by atoms with Crippen LogP contribution in [0.1, 0.15) is 31.2 Å². The summed E-state index contributed by atoms with van der Waals surface area (Å²) in [4.78, 5) is 11.3. The fourth-order valence-electron chi connectivity index (χ4n) is 2.18. The molecule has 3 N–H and O–H groups in total. The van der Waals surface area contributed by atoms with Crippen LogP contribution >= 0.6 is 0 Å². The number of nitrogens with two attached hydrogens (primary N) is 1. The average molecular weight is 230 g/mol. The minimum absolute atomic E-state index is 0.278. The lowest BCUT2D eigenvalue weighted by atomic mass is 9.95. The minimum Gasteiger partial charge on any atom is -0.384 e. The maximum atomic E-state index is 11.3. The lowest BCUT2D eigenvalue weighted by Crippen LogP contribution is -2.24. The van der Waals surface area contributed by atoms with E-state index < -0.39 is 0 Å². The molecule has 0 radical (unpaired) electrons. The highest BCUT2D eigenvalue weighted by molar-refractivity contribution is 5.92. The molecule has 3 heteroatoms. The highest BCUT2D eigenvalue weighted by atomic mass is 16.1. The Kier molecular flexibility index (Phi) is 3.81. The largest absolute Gasteiger partial charge is 0.384 e. The molecule has 1 aromatic carbocycles. The quantitative estimate of drug-likeness (QED) is 0.832. The topological polar surface area (TPSA) is 55.1 Å². The van der Waals surface area contributed by atoms with Crippen molar-refractivity contribution in [2.24, 2.45) is 5.73 Å². The molecule has 0 saturated heterocycles. The minimum atomic E-state index is -0.278. The van der Waals surface area contributed by atoms with Crippen molar-refractivity contribution in [2.45, 2.75) is 32.2 Å². The van der Waals surface area contributed by atoms with Crippen LogP contribution in [0.3, 0.4) is 0 Å². The standard InChI is InChI=1S/C14H18N2O/c15-14(17)12-8-4-5-9-13(12)16-10-11-6-2-1-3-7-11/h1-3,6-7,16H,4-5,8-10H2,(H2,15,17). The number of carbonyl (C=O) groups is 1. The zero-order valence-electron chi connectivity index (χ0n) is 9.91. The molecule has 1 aliphatic rings. The highest BCUT2D eigenvalue weighted by Gasteiger charge is 2.16. The van der Waals surface area contributed by atoms with E-state index in [1.54, 1.807) is 0 Å². The summed E-state index contributed by atoms with van der Waals surface area (Å²) in [5.74, 6) is -0.278. The van der Waals surface area contributed by atoms with E-state index in [1.165, 1.54) is 5.56 Å². The van der Waals surface area contributed by atoms with E-state index in [2.05, 4.69) is 17.4 Å². The first-order valence-corrected chi connectivity index (χ1v) is 6.07. The van der Waals surface area contributed by atoms with Crippen LogP contribution in [-0.2, 0) is 11.3 Å². The number of benzene rings is 1. The zero-order valence-corrected chi connectivity index (χ0v) is 9.91. The molecule has 90 valence electrons. The maximum absolute atomic E-state index is 11.3. The third-order valence-electron chi connectivity index (χ3n) is 3.11. The van der Waals surface area contributed by atoms with Crippen molar-refractivity contribution in [3.63, 3.8) is 0 Å². The highest BCUT2D eigenvalue weighted by Crippen LogP contribution is 2.22. The van der Waals surface area contributed by atoms with E-state index in [0.717, 1.165) is 43.5 Å². The Morgan fingerprint density at radius 2 is 1.88 bits per heavy atom. The Morgan fingerprint density at radius 1 is 1.18 bits per heavy atom. The van der Waals surface area contributed by atoms with Crippen LogP contribution in [-0.4, -0.2) is 5.91 Å². The molecule has 3 nitrogen and oxygen atoms in total. The Balaban J connectivity index is 2.04. The predicted octanol–water partition coefficient (Wildman–Crippen LogP) is 2.09. The molecule has 0 aromatic heterocycles. The summed E-state index contributed by atoms with van der Waals surface area (Å²) in [6.45, 7) is 0.757. The van der Waals surface area contributed by atoms with Gasteiger partial charge in [-0.25, -0.2) is 0 Å². The second-order valence-electron chi connectivity index (χ2n) is 4.37. The van der Waals surface area contributed by atoms with E-state index in [9.17, 15) is 4.79 Å². The van der Waals surface area contributed by atoms with Gasteiger partial charge in [0.25, 0.3) is 0 Å². The maximum Gasteiger partial charge on any atom is 0.246 e. The Bertz CT molecular complexity index is 423. The average Bonchev–Trinajstić information content (AvgIpc) is 2.38. The van der Waals surface area contributed by atoms with Crippen LogP contribution in [0, 0.1) is 0 Å². The van der Waals surface area contributed by atoms with Gasteiger partial charge in [0.1, 0.15) is 0 Å². The first kappa shape index (κ1) is 11.7. The number of hydrogen-bond donors (Lipinski definition) is 2. The monoisotopic (exact) mass is 230 g/mol. The van der Waals surface area contributed by atoms with Crippen LogP contribution < -0.4 is 11.1 Å². The van der Waals surface area contributed by atoms with Crippen molar-refractivity contribution in [3.05, 3.63) is 47.2 Å². The van der Waals surface area contributed by atoms with E-state index in [0.29, 0.717) is 0 Å². The first-order valence-electron chi connectivity index (χ1n) is 6.07. The first-order chi connectivity index (χ1) is 8.27. The van der Waals surface area contributed by atoms with Gasteiger partial charge in [0.2, 0.25) is 5.91 Å². The summed E-state index contributed by atoms with van der Waals surface area (Å²) < 4.78 is 0. The van der Waals surface area contributed by atoms with Crippen LogP contribution in [0.2, 0.25) is 0 Å². The zero-order chi connectivity index (χ0) is 12.1. The molecule has 0 aliphatic heterocycles. The van der Waals surface area contributed by atoms with Crippen molar-refractivity contribution in [1.29, 1.82) is 0 Å². The van der Waals surface area contributed by atoms with Gasteiger partial charge in [0.05, 0.1) is 0 Å². The van der Waals surface area contributed by atoms with Crippen LogP contribution in [0.25, 0.3) is 0 Å². The van der Waals surface area contributed by atoms with Gasteiger partial charge in [0, 0.05) is 17.8 Å². The molecule has 0 unspecified atom stereocenters. The van der Waals surface area contributed by atoms with Crippen LogP contribution in [0.5, 0.6) is 0 Å². The molecule has 0 saturated carbocycles. The van der Waals surface area contributed by atoms with Crippen molar-refractivity contribution in [2.75, 3.05) is 0 Å². The van der Waals surface area contributed by atoms with Gasteiger partial charge < -0.3 is 11.1 Å². The lowest BCUT2D eigenvalue weighted by molar-refractivity contribution is -0.114. The third kappa shape index (κ3) is 3.09. The van der Waals surface area contributed by atoms with Crippen molar-refractivity contribution in [3.8, 4) is 0 Å². The normalized spacial score (nSPS) is 15.8. The number of nitrogens with one attached hydrogen (secondary N) is 1. The van der Waals surface area contributed by atoms with Crippen LogP contribution in [0.15, 0.2) is 41.6 Å². The molecule has 0 atom stereocenters. The van der Waals surface area contributed by atoms with Crippen molar-refractivity contribution in [1.82, 2.24) is 5.32 Å². The predicted molar refractivity (Wildman–Crippen MR) is 68.0 cm³/mol. The molecule has 0 heterocycles. The summed E-state index contributed by atoms with van der Waals surface area (Å²) in [5.41, 5.74) is 8.43. The molecule has 0 fully saturated rings. The summed E-state index contributed by atoms with van der Waals surface area (Å²) in [6, 6.07) is 10.2. The van der Waals surface area contributed by atoms with E-state index in [4.69, 9.17) is 5.73 Å². The van der Waals surface area contributed by atoms with Gasteiger partial charge in [-0.2, -0.15) is 0 Å². The number of rotatable bonds is 4. The molecule has 0 bridgehead atoms. The molecule has 1 amide bonds. The van der Waals surface area contributed by atoms with E-state index in [1.807, 2.05) is 18.2 Å². The summed E-state index contributed by atoms with van der Waals surface area (Å²) in [7, 11) is 0. The molecule has 1 aromatic rings. The number of allylic oxidation sites excluding steroid dienone is 1. The molecular formula is C14H18N2O. The second kappa shape index (κ2) is 5.53. The Hall–Kier alpha value is -1.77. The smallest absolute Gasteiger partial charge is 0.246 e. The van der Waals surface area contributed by atoms with Gasteiger partial charge in [-0.3, -0.25) is 4.79 Å². The third-order valence-corrected chi connectivity index (χ3v) is 3.11. The molecular weight excluding hydrogens is 212 g/mol. The fourth-order valence-corrected chi connectivity index (χ4v) is 2.18. The van der Waals surface area contributed by atoms with Gasteiger partial charge in [-0.15, -0.1) is 0 Å². The number of amides is 1. The van der Waals surface area contributed by atoms with E-state index >= 15 is 0 Å². The SMILES string of the molecule is NC(=O)C1=C(NCc2ccccc2)CCCC1. The number of hydrogen-bond acceptors (Lipinski definition) is 2. The summed E-state index contributed by atoms with van der Waals surface area (Å²) >= 11 is 0. The Morgan fingerprint density at radius 3 is 2.59 bits per heavy atom. The second-order valence-corrected chi connectivity index (χ2v) is 4.37. The molecule has 1 aliphatic carbocycles. The van der Waals surface area contributed by atoms with Gasteiger partial charge >= 0.3 is 0 Å². The summed E-state index contributed by atoms with van der Waals surface area (Å²) in [6.07, 6.45) is 3.94. The van der Waals surface area contributed by atoms with Crippen molar-refractivity contribution >= 4 is 5.91 Å². The molecule has 2 rings (SSSR count). The van der Waals surface area contributed by atoms with Gasteiger partial charge in [-0.1, -0.05) is 30.3 Å². The Labute approximate surface area is 102 Å².